The predicted molar refractivity (Wildman–Crippen MR) is 59.4 cm³/mol. The molecule has 3 nitrogen and oxygen atoms in total. The fourth-order valence-electron chi connectivity index (χ4n) is 1.33. The number of aromatic amines is 1. The number of thiophene rings is 1. The Morgan fingerprint density at radius 1 is 1.50 bits per heavy atom. The summed E-state index contributed by atoms with van der Waals surface area (Å²) < 4.78 is 0. The van der Waals surface area contributed by atoms with Crippen molar-refractivity contribution in [3.05, 3.63) is 29.0 Å². The largest absolute Gasteiger partial charge is 0.341 e. The Balaban J connectivity index is 2.24. The van der Waals surface area contributed by atoms with Gasteiger partial charge in [-0.1, -0.05) is 0 Å². The van der Waals surface area contributed by atoms with Crippen LogP contribution in [0.4, 0.5) is 0 Å². The van der Waals surface area contributed by atoms with Crippen molar-refractivity contribution in [3.8, 4) is 10.6 Å². The molecule has 3 N–H and O–H groups in total. The molecule has 0 bridgehead atoms. The molecule has 2 rings (SSSR count). The Morgan fingerprint density at radius 2 is 2.36 bits per heavy atom. The Kier molecular flexibility index (Phi) is 2.65. The van der Waals surface area contributed by atoms with Crippen molar-refractivity contribution in [2.24, 2.45) is 5.73 Å². The highest BCUT2D eigenvalue weighted by Gasteiger charge is 2.04. The standard InChI is InChI=1S/C10H13N3S/c1-7-2-3-9(14-7)8-6-12-10(13-8)4-5-11/h2-3,6H,4-5,11H2,1H3,(H,12,13). The average molecular weight is 207 g/mol. The molecule has 2 aromatic heterocycles. The third-order valence-corrected chi connectivity index (χ3v) is 3.05. The fraction of sp³-hybridized carbons (Fsp3) is 0.300. The zero-order valence-corrected chi connectivity index (χ0v) is 8.90. The highest BCUT2D eigenvalue weighted by molar-refractivity contribution is 7.15. The van der Waals surface area contributed by atoms with Gasteiger partial charge in [-0.05, 0) is 25.6 Å². The predicted octanol–water partition coefficient (Wildman–Crippen LogP) is 1.95. The summed E-state index contributed by atoms with van der Waals surface area (Å²) in [5.74, 6) is 0.966. The van der Waals surface area contributed by atoms with E-state index in [0.717, 1.165) is 17.9 Å². The average Bonchev–Trinajstić information content (AvgIpc) is 2.74. The molecule has 0 fully saturated rings. The number of nitrogens with two attached hydrogens (primary N) is 1. The zero-order chi connectivity index (χ0) is 9.97. The van der Waals surface area contributed by atoms with Crippen molar-refractivity contribution in [2.75, 3.05) is 6.54 Å². The number of aryl methyl sites for hydroxylation is 1. The normalized spacial score (nSPS) is 10.7. The van der Waals surface area contributed by atoms with Gasteiger partial charge in [-0.3, -0.25) is 0 Å². The molecule has 4 heteroatoms. The molecule has 0 aliphatic carbocycles. The summed E-state index contributed by atoms with van der Waals surface area (Å²) >= 11 is 1.77. The molecule has 0 spiro atoms. The molecule has 14 heavy (non-hydrogen) atoms. The Hall–Kier alpha value is -1.13. The first-order valence-electron chi connectivity index (χ1n) is 4.60. The molecule has 0 saturated carbocycles. The quantitative estimate of drug-likeness (QED) is 0.808. The van der Waals surface area contributed by atoms with Gasteiger partial charge in [0.2, 0.25) is 0 Å². The maximum Gasteiger partial charge on any atom is 0.107 e. The number of nitrogens with one attached hydrogen (secondary N) is 1. The fourth-order valence-corrected chi connectivity index (χ4v) is 2.16. The Morgan fingerprint density at radius 3 is 3.00 bits per heavy atom. The SMILES string of the molecule is Cc1ccc(-c2cnc(CCN)[nH]2)s1. The molecule has 0 aliphatic heterocycles. The maximum atomic E-state index is 5.46. The molecule has 0 amide bonds. The topological polar surface area (TPSA) is 54.7 Å². The lowest BCUT2D eigenvalue weighted by atomic mass is 10.3. The van der Waals surface area contributed by atoms with Crippen molar-refractivity contribution in [3.63, 3.8) is 0 Å². The van der Waals surface area contributed by atoms with E-state index in [2.05, 4.69) is 29.0 Å². The first-order valence-corrected chi connectivity index (χ1v) is 5.42. The van der Waals surface area contributed by atoms with E-state index in [9.17, 15) is 0 Å². The van der Waals surface area contributed by atoms with Crippen molar-refractivity contribution >= 4 is 11.3 Å². The lowest BCUT2D eigenvalue weighted by Gasteiger charge is -1.91. The number of nitrogens with zero attached hydrogens (tertiary/aromatic N) is 1. The molecule has 74 valence electrons. The molecule has 0 radical (unpaired) electrons. The number of H-pyrrole nitrogens is 1. The summed E-state index contributed by atoms with van der Waals surface area (Å²) in [5.41, 5.74) is 6.54. The van der Waals surface area contributed by atoms with E-state index in [1.54, 1.807) is 11.3 Å². The van der Waals surface area contributed by atoms with E-state index in [-0.39, 0.29) is 0 Å². The molecule has 0 unspecified atom stereocenters. The molecule has 0 atom stereocenters. The highest BCUT2D eigenvalue weighted by atomic mass is 32.1. The minimum Gasteiger partial charge on any atom is -0.341 e. The monoisotopic (exact) mass is 207 g/mol. The molecule has 2 aromatic rings. The van der Waals surface area contributed by atoms with Crippen LogP contribution in [0.2, 0.25) is 0 Å². The van der Waals surface area contributed by atoms with Gasteiger partial charge < -0.3 is 10.7 Å². The summed E-state index contributed by atoms with van der Waals surface area (Å²) in [6, 6.07) is 4.23. The van der Waals surface area contributed by atoms with Crippen LogP contribution in [0.1, 0.15) is 10.7 Å². The van der Waals surface area contributed by atoms with Crippen molar-refractivity contribution < 1.29 is 0 Å². The van der Waals surface area contributed by atoms with Crippen molar-refractivity contribution in [1.82, 2.24) is 9.97 Å². The van der Waals surface area contributed by atoms with E-state index >= 15 is 0 Å². The van der Waals surface area contributed by atoms with E-state index in [4.69, 9.17) is 5.73 Å². The molecule has 0 aromatic carbocycles. The van der Waals surface area contributed by atoms with Gasteiger partial charge in [0.05, 0.1) is 16.8 Å². The van der Waals surface area contributed by atoms with Gasteiger partial charge in [0.25, 0.3) is 0 Å². The van der Waals surface area contributed by atoms with Crippen LogP contribution in [-0.4, -0.2) is 16.5 Å². The van der Waals surface area contributed by atoms with Gasteiger partial charge in [0.1, 0.15) is 5.82 Å². The molecule has 2 heterocycles. The number of imidazole rings is 1. The van der Waals surface area contributed by atoms with Crippen LogP contribution in [0.25, 0.3) is 10.6 Å². The maximum absolute atomic E-state index is 5.46. The van der Waals surface area contributed by atoms with Gasteiger partial charge in [-0.25, -0.2) is 4.98 Å². The van der Waals surface area contributed by atoms with Crippen LogP contribution in [0, 0.1) is 6.92 Å². The summed E-state index contributed by atoms with van der Waals surface area (Å²) in [6.07, 6.45) is 2.68. The third kappa shape index (κ3) is 1.86. The van der Waals surface area contributed by atoms with Crippen LogP contribution < -0.4 is 5.73 Å². The van der Waals surface area contributed by atoms with Crippen molar-refractivity contribution in [1.29, 1.82) is 0 Å². The summed E-state index contributed by atoms with van der Waals surface area (Å²) in [4.78, 5) is 10.1. The van der Waals surface area contributed by atoms with Crippen LogP contribution in [-0.2, 0) is 6.42 Å². The zero-order valence-electron chi connectivity index (χ0n) is 8.08. The number of rotatable bonds is 3. The first-order chi connectivity index (χ1) is 6.79. The lowest BCUT2D eigenvalue weighted by molar-refractivity contribution is 0.895. The molecule has 0 saturated heterocycles. The first kappa shape index (κ1) is 9.43. The molecular weight excluding hydrogens is 194 g/mol. The van der Waals surface area contributed by atoms with E-state index in [0.29, 0.717) is 6.54 Å². The Bertz CT molecular complexity index is 416. The number of hydrogen-bond acceptors (Lipinski definition) is 3. The summed E-state index contributed by atoms with van der Waals surface area (Å²) in [7, 11) is 0. The van der Waals surface area contributed by atoms with Crippen LogP contribution in [0.5, 0.6) is 0 Å². The highest BCUT2D eigenvalue weighted by Crippen LogP contribution is 2.25. The second-order valence-electron chi connectivity index (χ2n) is 3.19. The van der Waals surface area contributed by atoms with Gasteiger partial charge in [-0.2, -0.15) is 0 Å². The van der Waals surface area contributed by atoms with Crippen molar-refractivity contribution in [2.45, 2.75) is 13.3 Å². The second kappa shape index (κ2) is 3.94. The number of aromatic nitrogens is 2. The lowest BCUT2D eigenvalue weighted by Crippen LogP contribution is -2.03. The van der Waals surface area contributed by atoms with Gasteiger partial charge in [-0.15, -0.1) is 11.3 Å². The van der Waals surface area contributed by atoms with Gasteiger partial charge in [0.15, 0.2) is 0 Å². The molecule has 0 aliphatic rings. The summed E-state index contributed by atoms with van der Waals surface area (Å²) in [5, 5.41) is 0. The van der Waals surface area contributed by atoms with Gasteiger partial charge >= 0.3 is 0 Å². The third-order valence-electron chi connectivity index (χ3n) is 2.02. The smallest absolute Gasteiger partial charge is 0.107 e. The van der Waals surface area contributed by atoms with E-state index < -0.39 is 0 Å². The molecular formula is C10H13N3S. The minimum absolute atomic E-state index is 0.635. The van der Waals surface area contributed by atoms with E-state index in [1.807, 2.05) is 6.20 Å². The van der Waals surface area contributed by atoms with Crippen LogP contribution in [0.3, 0.4) is 0 Å². The minimum atomic E-state index is 0.635. The Labute approximate surface area is 87.0 Å². The number of hydrogen-bond donors (Lipinski definition) is 2. The van der Waals surface area contributed by atoms with Gasteiger partial charge in [0, 0.05) is 11.3 Å². The van der Waals surface area contributed by atoms with Crippen LogP contribution in [0.15, 0.2) is 18.3 Å². The summed E-state index contributed by atoms with van der Waals surface area (Å²) in [6.45, 7) is 2.74. The second-order valence-corrected chi connectivity index (χ2v) is 4.48. The van der Waals surface area contributed by atoms with Crippen LogP contribution >= 0.6 is 11.3 Å². The van der Waals surface area contributed by atoms with E-state index in [1.165, 1.54) is 9.75 Å².